The number of carbonyl (C=O) groups is 1. The van der Waals surface area contributed by atoms with Gasteiger partial charge in [0.05, 0.1) is 12.1 Å². The van der Waals surface area contributed by atoms with Crippen molar-refractivity contribution in [2.45, 2.75) is 39.5 Å². The molecule has 4 heteroatoms. The minimum atomic E-state index is -0.265. The first-order chi connectivity index (χ1) is 13.7. The van der Waals surface area contributed by atoms with Crippen molar-refractivity contribution in [2.24, 2.45) is 0 Å². The molecule has 0 atom stereocenters. The van der Waals surface area contributed by atoms with Crippen LogP contribution in [0.3, 0.4) is 0 Å². The molecule has 1 aromatic heterocycles. The van der Waals surface area contributed by atoms with E-state index in [0.29, 0.717) is 19.7 Å². The molecule has 0 N–H and O–H groups in total. The van der Waals surface area contributed by atoms with Gasteiger partial charge < -0.3 is 14.2 Å². The van der Waals surface area contributed by atoms with E-state index in [1.807, 2.05) is 42.5 Å². The number of carbonyl (C=O) groups excluding carboxylic acids is 1. The summed E-state index contributed by atoms with van der Waals surface area (Å²) in [7, 11) is 0. The van der Waals surface area contributed by atoms with E-state index in [1.165, 1.54) is 11.3 Å². The largest absolute Gasteiger partial charge is 0.445 e. The quantitative estimate of drug-likeness (QED) is 0.621. The lowest BCUT2D eigenvalue weighted by Gasteiger charge is -2.27. The van der Waals surface area contributed by atoms with Crippen molar-refractivity contribution in [1.29, 1.82) is 0 Å². The fourth-order valence-corrected chi connectivity index (χ4v) is 4.06. The van der Waals surface area contributed by atoms with Gasteiger partial charge in [-0.1, -0.05) is 55.3 Å². The molecule has 0 spiro atoms. The van der Waals surface area contributed by atoms with E-state index in [4.69, 9.17) is 11.2 Å². The molecule has 2 heterocycles. The zero-order chi connectivity index (χ0) is 19.5. The SMILES string of the molecule is C#Cc1cccc2c3c(n(CCC)c12)CCN(C(=O)OCc1ccccc1)C3. The van der Waals surface area contributed by atoms with Gasteiger partial charge in [-0.2, -0.15) is 0 Å². The van der Waals surface area contributed by atoms with E-state index in [2.05, 4.69) is 23.5 Å². The van der Waals surface area contributed by atoms with Gasteiger partial charge in [0, 0.05) is 41.7 Å². The second-order valence-corrected chi connectivity index (χ2v) is 7.13. The van der Waals surface area contributed by atoms with Gasteiger partial charge in [-0.3, -0.25) is 0 Å². The molecule has 0 fully saturated rings. The highest BCUT2D eigenvalue weighted by molar-refractivity contribution is 5.91. The Morgan fingerprint density at radius 1 is 1.18 bits per heavy atom. The first-order valence-electron chi connectivity index (χ1n) is 9.78. The monoisotopic (exact) mass is 372 g/mol. The van der Waals surface area contributed by atoms with Crippen LogP contribution in [0.15, 0.2) is 48.5 Å². The number of hydrogen-bond donors (Lipinski definition) is 0. The number of benzene rings is 2. The molecule has 1 aliphatic rings. The minimum absolute atomic E-state index is 0.265. The molecule has 4 nitrogen and oxygen atoms in total. The predicted molar refractivity (Wildman–Crippen MR) is 111 cm³/mol. The van der Waals surface area contributed by atoms with Crippen LogP contribution < -0.4 is 0 Å². The third-order valence-corrected chi connectivity index (χ3v) is 5.34. The molecule has 2 aromatic carbocycles. The molecule has 3 aromatic rings. The molecule has 0 saturated carbocycles. The number of rotatable bonds is 4. The summed E-state index contributed by atoms with van der Waals surface area (Å²) in [6.07, 6.45) is 7.35. The molecular formula is C24H24N2O2. The van der Waals surface area contributed by atoms with E-state index in [1.54, 1.807) is 4.90 Å². The molecule has 142 valence electrons. The molecule has 1 aliphatic heterocycles. The standard InChI is InChI=1S/C24H24N2O2/c1-3-14-26-22-13-15-25(24(27)28-17-18-9-6-5-7-10-18)16-21(22)20-12-8-11-19(4-2)23(20)26/h2,5-12H,3,13-17H2,1H3. The lowest BCUT2D eigenvalue weighted by atomic mass is 10.0. The Labute approximate surface area is 165 Å². The maximum Gasteiger partial charge on any atom is 0.410 e. The summed E-state index contributed by atoms with van der Waals surface area (Å²) in [6, 6.07) is 15.9. The predicted octanol–water partition coefficient (Wildman–Crippen LogP) is 4.73. The molecule has 0 aliphatic carbocycles. The molecule has 0 bridgehead atoms. The van der Waals surface area contributed by atoms with Crippen LogP contribution in [0, 0.1) is 12.3 Å². The molecule has 4 rings (SSSR count). The van der Waals surface area contributed by atoms with Gasteiger partial charge in [0.2, 0.25) is 0 Å². The van der Waals surface area contributed by atoms with Crippen molar-refractivity contribution < 1.29 is 9.53 Å². The minimum Gasteiger partial charge on any atom is -0.445 e. The number of fused-ring (bicyclic) bond motifs is 3. The number of ether oxygens (including phenoxy) is 1. The molecular weight excluding hydrogens is 348 g/mol. The first-order valence-corrected chi connectivity index (χ1v) is 9.78. The first kappa shape index (κ1) is 18.2. The number of amides is 1. The van der Waals surface area contributed by atoms with E-state index in [9.17, 15) is 4.79 Å². The summed E-state index contributed by atoms with van der Waals surface area (Å²) < 4.78 is 7.90. The van der Waals surface area contributed by atoms with Gasteiger partial charge in [0.1, 0.15) is 6.61 Å². The van der Waals surface area contributed by atoms with Gasteiger partial charge >= 0.3 is 6.09 Å². The van der Waals surface area contributed by atoms with Crippen LogP contribution in [0.4, 0.5) is 4.79 Å². The Morgan fingerprint density at radius 3 is 2.75 bits per heavy atom. The van der Waals surface area contributed by atoms with Gasteiger partial charge in [-0.25, -0.2) is 4.79 Å². The van der Waals surface area contributed by atoms with Crippen LogP contribution in [0.25, 0.3) is 10.9 Å². The van der Waals surface area contributed by atoms with Gasteiger partial charge in [-0.05, 0) is 18.1 Å². The van der Waals surface area contributed by atoms with Crippen LogP contribution in [0.5, 0.6) is 0 Å². The highest BCUT2D eigenvalue weighted by atomic mass is 16.6. The lowest BCUT2D eigenvalue weighted by molar-refractivity contribution is 0.0917. The topological polar surface area (TPSA) is 34.5 Å². The highest BCUT2D eigenvalue weighted by Gasteiger charge is 2.27. The fraction of sp³-hybridized carbons (Fsp3) is 0.292. The number of aromatic nitrogens is 1. The van der Waals surface area contributed by atoms with Crippen molar-refractivity contribution in [3.05, 3.63) is 70.9 Å². The van der Waals surface area contributed by atoms with E-state index in [0.717, 1.165) is 41.4 Å². The number of terminal acetylenes is 1. The Hall–Kier alpha value is -3.19. The zero-order valence-corrected chi connectivity index (χ0v) is 16.1. The number of para-hydroxylation sites is 1. The summed E-state index contributed by atoms with van der Waals surface area (Å²) in [5.41, 5.74) is 5.52. The van der Waals surface area contributed by atoms with Gasteiger partial charge in [0.25, 0.3) is 0 Å². The average molecular weight is 372 g/mol. The summed E-state index contributed by atoms with van der Waals surface area (Å²) in [6.45, 7) is 4.62. The van der Waals surface area contributed by atoms with E-state index >= 15 is 0 Å². The Kier molecular flexibility index (Phi) is 5.08. The maximum atomic E-state index is 12.6. The van der Waals surface area contributed by atoms with Crippen molar-refractivity contribution in [3.63, 3.8) is 0 Å². The summed E-state index contributed by atoms with van der Waals surface area (Å²) in [5, 5.41) is 1.15. The third-order valence-electron chi connectivity index (χ3n) is 5.34. The zero-order valence-electron chi connectivity index (χ0n) is 16.1. The molecule has 1 amide bonds. The lowest BCUT2D eigenvalue weighted by Crippen LogP contribution is -2.36. The summed E-state index contributed by atoms with van der Waals surface area (Å²) in [5.74, 6) is 2.82. The molecule has 28 heavy (non-hydrogen) atoms. The second-order valence-electron chi connectivity index (χ2n) is 7.13. The van der Waals surface area contributed by atoms with Crippen molar-refractivity contribution in [1.82, 2.24) is 9.47 Å². The van der Waals surface area contributed by atoms with E-state index in [-0.39, 0.29) is 6.09 Å². The Balaban J connectivity index is 1.60. The van der Waals surface area contributed by atoms with Gasteiger partial charge in [0.15, 0.2) is 0 Å². The molecule has 0 saturated heterocycles. The van der Waals surface area contributed by atoms with Crippen molar-refractivity contribution in [2.75, 3.05) is 6.54 Å². The van der Waals surface area contributed by atoms with Gasteiger partial charge in [-0.15, -0.1) is 6.42 Å². The fourth-order valence-electron chi connectivity index (χ4n) is 4.06. The normalized spacial score (nSPS) is 13.2. The van der Waals surface area contributed by atoms with Crippen LogP contribution in [0.1, 0.15) is 35.7 Å². The number of hydrogen-bond acceptors (Lipinski definition) is 2. The van der Waals surface area contributed by atoms with Crippen LogP contribution in [0.2, 0.25) is 0 Å². The Morgan fingerprint density at radius 2 is 2.00 bits per heavy atom. The van der Waals surface area contributed by atoms with Crippen LogP contribution >= 0.6 is 0 Å². The molecule has 0 radical (unpaired) electrons. The smallest absolute Gasteiger partial charge is 0.410 e. The van der Waals surface area contributed by atoms with E-state index < -0.39 is 0 Å². The summed E-state index contributed by atoms with van der Waals surface area (Å²) in [4.78, 5) is 14.4. The molecule has 0 unspecified atom stereocenters. The number of nitrogens with zero attached hydrogens (tertiary/aromatic N) is 2. The number of aryl methyl sites for hydroxylation is 1. The van der Waals surface area contributed by atoms with Crippen molar-refractivity contribution in [3.8, 4) is 12.3 Å². The highest BCUT2D eigenvalue weighted by Crippen LogP contribution is 2.33. The van der Waals surface area contributed by atoms with Crippen molar-refractivity contribution >= 4 is 17.0 Å². The Bertz CT molecular complexity index is 1040. The summed E-state index contributed by atoms with van der Waals surface area (Å²) >= 11 is 0. The van der Waals surface area contributed by atoms with Crippen LogP contribution in [-0.4, -0.2) is 22.1 Å². The third kappa shape index (κ3) is 3.25. The van der Waals surface area contributed by atoms with Crippen LogP contribution in [-0.2, 0) is 30.9 Å². The average Bonchev–Trinajstić information content (AvgIpc) is 3.06. The second kappa shape index (κ2) is 7.82. The maximum absolute atomic E-state index is 12.6.